The summed E-state index contributed by atoms with van der Waals surface area (Å²) in [6.07, 6.45) is 4.82. The first-order valence-corrected chi connectivity index (χ1v) is 7.12. The molecule has 1 unspecified atom stereocenters. The van der Waals surface area contributed by atoms with Crippen molar-refractivity contribution in [3.05, 3.63) is 35.4 Å². The molecule has 1 aliphatic rings. The molecule has 21 heavy (non-hydrogen) atoms. The molecule has 1 fully saturated rings. The Labute approximate surface area is 124 Å². The Morgan fingerprint density at radius 2 is 1.71 bits per heavy atom. The fourth-order valence-electron chi connectivity index (χ4n) is 2.58. The minimum Gasteiger partial charge on any atom is -0.387 e. The van der Waals surface area contributed by atoms with Crippen LogP contribution >= 0.6 is 0 Å². The Balaban J connectivity index is 1.87. The summed E-state index contributed by atoms with van der Waals surface area (Å²) in [5.74, 6) is 1.22. The fourth-order valence-corrected chi connectivity index (χ4v) is 2.58. The first-order valence-electron chi connectivity index (χ1n) is 7.12. The summed E-state index contributed by atoms with van der Waals surface area (Å²) in [4.78, 5) is 4.27. The molecule has 1 aliphatic heterocycles. The summed E-state index contributed by atoms with van der Waals surface area (Å²) >= 11 is 0. The van der Waals surface area contributed by atoms with Crippen molar-refractivity contribution < 1.29 is 13.9 Å². The zero-order chi connectivity index (χ0) is 15.2. The van der Waals surface area contributed by atoms with E-state index in [4.69, 9.17) is 6.42 Å². The van der Waals surface area contributed by atoms with E-state index in [0.29, 0.717) is 0 Å². The Bertz CT molecular complexity index is 487. The number of hydrogen-bond donors (Lipinski definition) is 1. The third-order valence-electron chi connectivity index (χ3n) is 3.80. The minimum absolute atomic E-state index is 0.237. The van der Waals surface area contributed by atoms with E-state index in [1.165, 1.54) is 18.2 Å². The number of hydrogen-bond acceptors (Lipinski definition) is 3. The highest BCUT2D eigenvalue weighted by Crippen LogP contribution is 2.22. The Morgan fingerprint density at radius 1 is 1.14 bits per heavy atom. The van der Waals surface area contributed by atoms with Crippen LogP contribution in [0, 0.1) is 24.0 Å². The molecule has 114 valence electrons. The molecule has 0 aromatic heterocycles. The highest BCUT2D eigenvalue weighted by Gasteiger charge is 2.23. The van der Waals surface area contributed by atoms with Gasteiger partial charge < -0.3 is 5.11 Å². The van der Waals surface area contributed by atoms with Gasteiger partial charge in [0, 0.05) is 45.7 Å². The average molecular weight is 294 g/mol. The van der Waals surface area contributed by atoms with Crippen LogP contribution in [-0.2, 0) is 0 Å². The monoisotopic (exact) mass is 294 g/mol. The van der Waals surface area contributed by atoms with Crippen LogP contribution in [0.2, 0.25) is 0 Å². The molecule has 1 atom stereocenters. The SMILES string of the molecule is C#CCCN1CCN(CC(O)c2c(F)cccc2F)CC1. The molecule has 5 heteroatoms. The summed E-state index contributed by atoms with van der Waals surface area (Å²) in [6.45, 7) is 4.34. The van der Waals surface area contributed by atoms with Gasteiger partial charge in [-0.1, -0.05) is 6.07 Å². The van der Waals surface area contributed by atoms with Crippen molar-refractivity contribution in [2.45, 2.75) is 12.5 Å². The predicted molar refractivity (Wildman–Crippen MR) is 77.6 cm³/mol. The van der Waals surface area contributed by atoms with Gasteiger partial charge in [0.15, 0.2) is 0 Å². The van der Waals surface area contributed by atoms with Crippen molar-refractivity contribution in [2.24, 2.45) is 0 Å². The van der Waals surface area contributed by atoms with E-state index in [-0.39, 0.29) is 12.1 Å². The number of terminal acetylenes is 1. The topological polar surface area (TPSA) is 26.7 Å². The van der Waals surface area contributed by atoms with Crippen LogP contribution in [-0.4, -0.2) is 54.2 Å². The number of nitrogens with zero attached hydrogens (tertiary/aromatic N) is 2. The molecule has 1 aromatic carbocycles. The number of piperazine rings is 1. The van der Waals surface area contributed by atoms with Gasteiger partial charge in [0.25, 0.3) is 0 Å². The smallest absolute Gasteiger partial charge is 0.131 e. The number of rotatable bonds is 5. The van der Waals surface area contributed by atoms with E-state index in [1.807, 2.05) is 4.90 Å². The zero-order valence-electron chi connectivity index (χ0n) is 11.9. The summed E-state index contributed by atoms with van der Waals surface area (Å²) in [5.41, 5.74) is -0.243. The minimum atomic E-state index is -1.15. The molecule has 1 heterocycles. The van der Waals surface area contributed by atoms with Crippen LogP contribution in [0.4, 0.5) is 8.78 Å². The third-order valence-corrected chi connectivity index (χ3v) is 3.80. The van der Waals surface area contributed by atoms with E-state index >= 15 is 0 Å². The molecule has 0 amide bonds. The largest absolute Gasteiger partial charge is 0.387 e. The van der Waals surface area contributed by atoms with Crippen molar-refractivity contribution in [1.82, 2.24) is 9.80 Å². The summed E-state index contributed by atoms with van der Waals surface area (Å²) in [6, 6.07) is 3.63. The van der Waals surface area contributed by atoms with Gasteiger partial charge in [-0.2, -0.15) is 0 Å². The maximum absolute atomic E-state index is 13.6. The molecule has 2 rings (SSSR count). The molecule has 3 nitrogen and oxygen atoms in total. The maximum atomic E-state index is 13.6. The van der Waals surface area contributed by atoms with Crippen LogP contribution in [0.3, 0.4) is 0 Å². The van der Waals surface area contributed by atoms with Crippen molar-refractivity contribution >= 4 is 0 Å². The molecule has 0 saturated carbocycles. The van der Waals surface area contributed by atoms with Gasteiger partial charge in [-0.3, -0.25) is 9.80 Å². The number of benzene rings is 1. The molecular weight excluding hydrogens is 274 g/mol. The maximum Gasteiger partial charge on any atom is 0.131 e. The second-order valence-corrected chi connectivity index (χ2v) is 5.25. The molecule has 0 radical (unpaired) electrons. The van der Waals surface area contributed by atoms with Crippen molar-refractivity contribution in [3.8, 4) is 12.3 Å². The number of halogens is 2. The molecule has 0 bridgehead atoms. The molecule has 1 aromatic rings. The van der Waals surface area contributed by atoms with Crippen LogP contribution in [0.15, 0.2) is 18.2 Å². The first kappa shape index (κ1) is 15.9. The highest BCUT2D eigenvalue weighted by atomic mass is 19.1. The van der Waals surface area contributed by atoms with Crippen LogP contribution in [0.25, 0.3) is 0 Å². The number of β-amino-alcohol motifs (C(OH)–C–C–N with tert-alkyl or cyclic N) is 1. The van der Waals surface area contributed by atoms with Gasteiger partial charge in [-0.05, 0) is 12.1 Å². The summed E-state index contributed by atoms with van der Waals surface area (Å²) in [5, 5.41) is 10.1. The molecule has 1 N–H and O–H groups in total. The van der Waals surface area contributed by atoms with E-state index in [2.05, 4.69) is 10.8 Å². The Hall–Kier alpha value is -1.48. The Morgan fingerprint density at radius 3 is 2.29 bits per heavy atom. The predicted octanol–water partition coefficient (Wildman–Crippen LogP) is 1.64. The standard InChI is InChI=1S/C16H20F2N2O/c1-2-3-7-19-8-10-20(11-9-19)12-15(21)16-13(17)5-4-6-14(16)18/h1,4-6,15,21H,3,7-12H2. The average Bonchev–Trinajstić information content (AvgIpc) is 2.46. The Kier molecular flexibility index (Phi) is 5.68. The summed E-state index contributed by atoms with van der Waals surface area (Å²) < 4.78 is 27.2. The lowest BCUT2D eigenvalue weighted by Crippen LogP contribution is -2.47. The van der Waals surface area contributed by atoms with E-state index < -0.39 is 17.7 Å². The first-order chi connectivity index (χ1) is 10.1. The quantitative estimate of drug-likeness (QED) is 0.836. The molecule has 0 spiro atoms. The number of aliphatic hydroxyl groups is 1. The van der Waals surface area contributed by atoms with E-state index in [0.717, 1.165) is 39.1 Å². The number of aliphatic hydroxyl groups excluding tert-OH is 1. The second-order valence-electron chi connectivity index (χ2n) is 5.25. The highest BCUT2D eigenvalue weighted by molar-refractivity contribution is 5.22. The van der Waals surface area contributed by atoms with E-state index in [9.17, 15) is 13.9 Å². The van der Waals surface area contributed by atoms with Crippen LogP contribution in [0.1, 0.15) is 18.1 Å². The van der Waals surface area contributed by atoms with E-state index in [1.54, 1.807) is 0 Å². The van der Waals surface area contributed by atoms with Crippen molar-refractivity contribution in [1.29, 1.82) is 0 Å². The normalized spacial score (nSPS) is 18.4. The van der Waals surface area contributed by atoms with Gasteiger partial charge in [0.2, 0.25) is 0 Å². The van der Waals surface area contributed by atoms with Gasteiger partial charge in [-0.15, -0.1) is 12.3 Å². The zero-order valence-corrected chi connectivity index (χ0v) is 11.9. The van der Waals surface area contributed by atoms with Gasteiger partial charge >= 0.3 is 0 Å². The third kappa shape index (κ3) is 4.24. The summed E-state index contributed by atoms with van der Waals surface area (Å²) in [7, 11) is 0. The van der Waals surface area contributed by atoms with Gasteiger partial charge in [-0.25, -0.2) is 8.78 Å². The van der Waals surface area contributed by atoms with Crippen LogP contribution in [0.5, 0.6) is 0 Å². The molecule has 0 aliphatic carbocycles. The molecule has 1 saturated heterocycles. The van der Waals surface area contributed by atoms with Gasteiger partial charge in [0.05, 0.1) is 11.7 Å². The lowest BCUT2D eigenvalue weighted by molar-refractivity contribution is 0.0698. The lowest BCUT2D eigenvalue weighted by atomic mass is 10.1. The van der Waals surface area contributed by atoms with Crippen molar-refractivity contribution in [2.75, 3.05) is 39.3 Å². The fraction of sp³-hybridized carbons (Fsp3) is 0.500. The van der Waals surface area contributed by atoms with Crippen LogP contribution < -0.4 is 0 Å². The molecular formula is C16H20F2N2O. The van der Waals surface area contributed by atoms with Crippen molar-refractivity contribution in [3.63, 3.8) is 0 Å². The van der Waals surface area contributed by atoms with Gasteiger partial charge in [0.1, 0.15) is 11.6 Å². The second kappa shape index (κ2) is 7.51. The lowest BCUT2D eigenvalue weighted by Gasteiger charge is -2.35.